The topological polar surface area (TPSA) is 26.0 Å². The summed E-state index contributed by atoms with van der Waals surface area (Å²) in [7, 11) is 5.03. The van der Waals surface area contributed by atoms with Crippen molar-refractivity contribution in [1.82, 2.24) is 4.98 Å². The van der Waals surface area contributed by atoms with Crippen molar-refractivity contribution in [2.24, 2.45) is 0 Å². The molecular weight excluding hydrogens is 411 g/mol. The highest BCUT2D eigenvalue weighted by Crippen LogP contribution is 2.47. The maximum atomic E-state index is 14.7. The quantitative estimate of drug-likeness (QED) is 0.310. The van der Waals surface area contributed by atoms with Gasteiger partial charge in [-0.05, 0) is 79.1 Å². The Morgan fingerprint density at radius 1 is 0.903 bits per heavy atom. The van der Waals surface area contributed by atoms with Gasteiger partial charge < -0.3 is 4.42 Å². The third-order valence-corrected chi connectivity index (χ3v) is 7.14. The highest BCUT2D eigenvalue weighted by Gasteiger charge is 2.19. The maximum Gasteiger partial charge on any atom is 0.144 e. The van der Waals surface area contributed by atoms with Crippen LogP contribution in [-0.2, 0) is 0 Å². The predicted molar refractivity (Wildman–Crippen MR) is 128 cm³/mol. The van der Waals surface area contributed by atoms with Crippen LogP contribution in [0.2, 0.25) is 0 Å². The number of hydrogen-bond donors (Lipinski definition) is 0. The number of pyridine rings is 1. The van der Waals surface area contributed by atoms with Crippen molar-refractivity contribution in [3.63, 3.8) is 0 Å². The lowest BCUT2D eigenvalue weighted by molar-refractivity contribution is 0.603. The number of aromatic nitrogens is 1. The minimum atomic E-state index is -1.29. The molecule has 0 aliphatic heterocycles. The molecule has 0 unspecified atom stereocenters. The minimum absolute atomic E-state index is 0.256. The first-order chi connectivity index (χ1) is 14.6. The second-order valence-corrected chi connectivity index (χ2v) is 12.8. The lowest BCUT2D eigenvalue weighted by atomic mass is 9.90. The Hall–Kier alpha value is -2.86. The first kappa shape index (κ1) is 20.1. The van der Waals surface area contributed by atoms with E-state index in [0.717, 1.165) is 21.9 Å². The molecule has 2 radical (unpaired) electrons. The molecule has 0 aliphatic carbocycles. The third-order valence-electron chi connectivity index (χ3n) is 5.51. The molecule has 0 bridgehead atoms. The molecule has 2 aromatic heterocycles. The molecule has 0 N–H and O–H groups in total. The summed E-state index contributed by atoms with van der Waals surface area (Å²) in [5, 5.41) is 2.32. The van der Waals surface area contributed by atoms with Crippen molar-refractivity contribution in [3.05, 3.63) is 65.7 Å². The molecule has 31 heavy (non-hydrogen) atoms. The average Bonchev–Trinajstić information content (AvgIpc) is 3.03. The highest BCUT2D eigenvalue weighted by atomic mass is 32.3. The average molecular weight is 431 g/mol. The Morgan fingerprint density at radius 3 is 2.42 bits per heavy atom. The predicted octanol–water partition coefficient (Wildman–Crippen LogP) is 6.23. The van der Waals surface area contributed by atoms with Crippen LogP contribution in [0.4, 0.5) is 8.78 Å². The number of aryl methyl sites for hydroxylation is 1. The Morgan fingerprint density at radius 2 is 1.68 bits per heavy atom. The van der Waals surface area contributed by atoms with Gasteiger partial charge in [-0.2, -0.15) is 0 Å². The summed E-state index contributed by atoms with van der Waals surface area (Å²) < 4.78 is 34.5. The monoisotopic (exact) mass is 431 g/mol. The number of fused-ring (bicyclic) bond motifs is 4. The van der Waals surface area contributed by atoms with E-state index in [0.29, 0.717) is 38.1 Å². The van der Waals surface area contributed by atoms with E-state index in [1.54, 1.807) is 18.2 Å². The Balaban J connectivity index is 1.82. The van der Waals surface area contributed by atoms with Gasteiger partial charge in [-0.15, -0.1) is 0 Å². The van der Waals surface area contributed by atoms with Crippen LogP contribution < -0.4 is 5.46 Å². The normalized spacial score (nSPS) is 12.8. The molecule has 0 saturated carbocycles. The first-order valence-corrected chi connectivity index (χ1v) is 12.7. The fourth-order valence-electron chi connectivity index (χ4n) is 4.05. The summed E-state index contributed by atoms with van der Waals surface area (Å²) in [6, 6.07) is 13.6. The molecule has 0 aliphatic rings. The number of halogens is 2. The van der Waals surface area contributed by atoms with Crippen molar-refractivity contribution < 1.29 is 13.2 Å². The molecule has 0 fully saturated rings. The summed E-state index contributed by atoms with van der Waals surface area (Å²) in [5.74, 6) is -0.606. The molecule has 0 spiro atoms. The van der Waals surface area contributed by atoms with Crippen LogP contribution in [0, 0.1) is 18.6 Å². The Labute approximate surface area is 182 Å². The third kappa shape index (κ3) is 3.30. The summed E-state index contributed by atoms with van der Waals surface area (Å²) in [6.07, 6.45) is 6.13. The van der Waals surface area contributed by atoms with Gasteiger partial charge >= 0.3 is 0 Å². The van der Waals surface area contributed by atoms with Crippen LogP contribution in [0.25, 0.3) is 44.1 Å². The van der Waals surface area contributed by atoms with Gasteiger partial charge in [-0.1, -0.05) is 5.46 Å². The lowest BCUT2D eigenvalue weighted by Crippen LogP contribution is -2.08. The molecule has 2 nitrogen and oxygen atoms in total. The summed E-state index contributed by atoms with van der Waals surface area (Å²) >= 11 is 0. The lowest BCUT2D eigenvalue weighted by Gasteiger charge is -2.26. The molecular formula is C25H20BF2NOS. The fraction of sp³-hybridized carbons (Fsp3) is 0.160. The number of nitrogens with zero attached hydrogens (tertiary/aromatic N) is 1. The summed E-state index contributed by atoms with van der Waals surface area (Å²) in [5.41, 5.74) is 4.64. The van der Waals surface area contributed by atoms with Gasteiger partial charge in [0, 0.05) is 27.3 Å². The van der Waals surface area contributed by atoms with Crippen LogP contribution in [0.5, 0.6) is 0 Å². The van der Waals surface area contributed by atoms with Crippen LogP contribution in [0.15, 0.2) is 57.8 Å². The van der Waals surface area contributed by atoms with Gasteiger partial charge in [-0.25, -0.2) is 23.8 Å². The Bertz CT molecular complexity index is 1520. The molecule has 0 atom stereocenters. The summed E-state index contributed by atoms with van der Waals surface area (Å²) in [4.78, 5) is 5.50. The molecule has 2 heterocycles. The zero-order valence-corrected chi connectivity index (χ0v) is 18.5. The first-order valence-electron chi connectivity index (χ1n) is 9.83. The molecule has 0 amide bonds. The highest BCUT2D eigenvalue weighted by molar-refractivity contribution is 8.32. The molecule has 5 rings (SSSR count). The standard InChI is InChI=1S/C25H20BF2NOS/c1-13-7-16-15-6-5-14(27)9-23(15)30-25(16)18(8-13)21-11-19(26)17-10-20(28)24(31(2,3)4)12-22(17)29-21/h5-12H,1-4H3. The van der Waals surface area contributed by atoms with E-state index in [1.165, 1.54) is 18.2 Å². The van der Waals surface area contributed by atoms with Gasteiger partial charge in [0.2, 0.25) is 0 Å². The van der Waals surface area contributed by atoms with Crippen molar-refractivity contribution in [2.45, 2.75) is 11.8 Å². The number of furan rings is 1. The minimum Gasteiger partial charge on any atom is -0.455 e. The van der Waals surface area contributed by atoms with Gasteiger partial charge in [-0.3, -0.25) is 0 Å². The maximum absolute atomic E-state index is 14.7. The van der Waals surface area contributed by atoms with Crippen LogP contribution >= 0.6 is 10.0 Å². The zero-order chi connectivity index (χ0) is 22.1. The number of rotatable bonds is 2. The van der Waals surface area contributed by atoms with E-state index in [9.17, 15) is 8.78 Å². The zero-order valence-electron chi connectivity index (χ0n) is 17.7. The van der Waals surface area contributed by atoms with Crippen molar-refractivity contribution >= 4 is 56.2 Å². The number of benzene rings is 3. The summed E-state index contributed by atoms with van der Waals surface area (Å²) in [6.45, 7) is 1.99. The van der Waals surface area contributed by atoms with E-state index in [1.807, 2.05) is 37.8 Å². The molecule has 154 valence electrons. The van der Waals surface area contributed by atoms with Crippen LogP contribution in [-0.4, -0.2) is 31.6 Å². The van der Waals surface area contributed by atoms with Crippen molar-refractivity contribution in [2.75, 3.05) is 18.8 Å². The largest absolute Gasteiger partial charge is 0.455 e. The van der Waals surface area contributed by atoms with E-state index in [2.05, 4.69) is 0 Å². The second-order valence-electron chi connectivity index (χ2n) is 8.67. The second kappa shape index (κ2) is 6.82. The van der Waals surface area contributed by atoms with Crippen molar-refractivity contribution in [3.8, 4) is 11.3 Å². The van der Waals surface area contributed by atoms with Crippen molar-refractivity contribution in [1.29, 1.82) is 0 Å². The van der Waals surface area contributed by atoms with Gasteiger partial charge in [0.25, 0.3) is 0 Å². The Kier molecular flexibility index (Phi) is 4.42. The van der Waals surface area contributed by atoms with Gasteiger partial charge in [0.15, 0.2) is 0 Å². The van der Waals surface area contributed by atoms with Crippen LogP contribution in [0.3, 0.4) is 0 Å². The molecule has 6 heteroatoms. The van der Waals surface area contributed by atoms with Gasteiger partial charge in [0.05, 0.1) is 11.2 Å². The molecule has 3 aromatic carbocycles. The smallest absolute Gasteiger partial charge is 0.144 e. The van der Waals surface area contributed by atoms with Crippen LogP contribution in [0.1, 0.15) is 5.56 Å². The molecule has 0 saturated heterocycles. The van der Waals surface area contributed by atoms with E-state index in [-0.39, 0.29) is 11.6 Å². The fourth-order valence-corrected chi connectivity index (χ4v) is 5.16. The number of hydrogen-bond acceptors (Lipinski definition) is 2. The molecule has 5 aromatic rings. The van der Waals surface area contributed by atoms with Gasteiger partial charge in [0.1, 0.15) is 30.6 Å². The SMILES string of the molecule is [B]c1cc(-c2cc(C)cc3c2oc2cc(F)ccc23)nc2cc(S(C)(C)C)c(F)cc12. The van der Waals surface area contributed by atoms with E-state index < -0.39 is 10.0 Å². The van der Waals surface area contributed by atoms with E-state index >= 15 is 0 Å². The van der Waals surface area contributed by atoms with E-state index in [4.69, 9.17) is 17.2 Å².